The fourth-order valence-electron chi connectivity index (χ4n) is 4.30. The van der Waals surface area contributed by atoms with Gasteiger partial charge in [-0.25, -0.2) is 14.3 Å². The van der Waals surface area contributed by atoms with E-state index in [4.69, 9.17) is 0 Å². The molecule has 8 heteroatoms. The van der Waals surface area contributed by atoms with Crippen molar-refractivity contribution in [3.05, 3.63) is 101 Å². The SMILES string of the molecule is O=C(Nc1cccc(Cn2nc3ccccn3c2=O)c1)N1CCN(CCc2ccccc2)CC1. The molecule has 0 unspecified atom stereocenters. The van der Waals surface area contributed by atoms with Gasteiger partial charge in [-0.3, -0.25) is 9.30 Å². The number of fused-ring (bicyclic) bond motifs is 1. The molecule has 1 aliphatic heterocycles. The van der Waals surface area contributed by atoms with E-state index < -0.39 is 0 Å². The molecule has 1 aliphatic rings. The van der Waals surface area contributed by atoms with Crippen molar-refractivity contribution in [3.63, 3.8) is 0 Å². The second-order valence-electron chi connectivity index (χ2n) is 8.56. The Labute approximate surface area is 198 Å². The van der Waals surface area contributed by atoms with E-state index in [0.29, 0.717) is 31.0 Å². The Hall–Kier alpha value is -3.91. The second-order valence-corrected chi connectivity index (χ2v) is 8.56. The van der Waals surface area contributed by atoms with E-state index >= 15 is 0 Å². The maximum atomic E-state index is 12.8. The summed E-state index contributed by atoms with van der Waals surface area (Å²) < 4.78 is 2.95. The fraction of sp³-hybridized carbons (Fsp3) is 0.269. The highest BCUT2D eigenvalue weighted by Crippen LogP contribution is 2.14. The van der Waals surface area contributed by atoms with E-state index in [9.17, 15) is 9.59 Å². The van der Waals surface area contributed by atoms with Crippen LogP contribution in [0.2, 0.25) is 0 Å². The minimum absolute atomic E-state index is 0.0928. The number of hydrogen-bond acceptors (Lipinski definition) is 4. The van der Waals surface area contributed by atoms with Gasteiger partial charge < -0.3 is 10.2 Å². The summed E-state index contributed by atoms with van der Waals surface area (Å²) in [6.07, 6.45) is 2.73. The summed E-state index contributed by atoms with van der Waals surface area (Å²) in [7, 11) is 0. The zero-order chi connectivity index (χ0) is 23.3. The van der Waals surface area contributed by atoms with Crippen LogP contribution in [0.1, 0.15) is 11.1 Å². The quantitative estimate of drug-likeness (QED) is 0.484. The second kappa shape index (κ2) is 9.93. The van der Waals surface area contributed by atoms with Crippen LogP contribution in [-0.2, 0) is 13.0 Å². The van der Waals surface area contributed by atoms with Crippen LogP contribution in [0.5, 0.6) is 0 Å². The molecule has 34 heavy (non-hydrogen) atoms. The molecule has 0 atom stereocenters. The summed E-state index contributed by atoms with van der Waals surface area (Å²) in [5.41, 5.74) is 3.38. The number of carbonyl (C=O) groups is 1. The summed E-state index contributed by atoms with van der Waals surface area (Å²) in [6, 6.07) is 23.4. The molecular weight excluding hydrogens is 428 g/mol. The number of hydrogen-bond donors (Lipinski definition) is 1. The van der Waals surface area contributed by atoms with Gasteiger partial charge in [-0.05, 0) is 41.8 Å². The minimum atomic E-state index is -0.185. The van der Waals surface area contributed by atoms with Gasteiger partial charge in [0.05, 0.1) is 6.54 Å². The molecule has 0 saturated carbocycles. The summed E-state index contributed by atoms with van der Waals surface area (Å²) >= 11 is 0. The third kappa shape index (κ3) is 5.02. The Morgan fingerprint density at radius 2 is 1.65 bits per heavy atom. The predicted octanol–water partition coefficient (Wildman–Crippen LogP) is 2.94. The third-order valence-electron chi connectivity index (χ3n) is 6.22. The number of amides is 2. The lowest BCUT2D eigenvalue weighted by atomic mass is 10.1. The van der Waals surface area contributed by atoms with Crippen molar-refractivity contribution in [2.75, 3.05) is 38.0 Å². The number of piperazine rings is 1. The molecule has 5 rings (SSSR count). The maximum absolute atomic E-state index is 12.8. The molecule has 1 fully saturated rings. The van der Waals surface area contributed by atoms with Crippen molar-refractivity contribution in [1.82, 2.24) is 24.0 Å². The smallest absolute Gasteiger partial charge is 0.322 e. The average molecular weight is 457 g/mol. The molecule has 0 spiro atoms. The predicted molar refractivity (Wildman–Crippen MR) is 132 cm³/mol. The Morgan fingerprint density at radius 3 is 2.44 bits per heavy atom. The van der Waals surface area contributed by atoms with Crippen molar-refractivity contribution in [2.45, 2.75) is 13.0 Å². The standard InChI is InChI=1S/C26H28N6O2/c33-25(30-17-15-29(16-18-30)14-12-21-7-2-1-3-8-21)27-23-10-6-9-22(19-23)20-32-26(34)31-13-5-4-11-24(31)28-32/h1-11,13,19H,12,14-18,20H2,(H,27,33). The van der Waals surface area contributed by atoms with Gasteiger partial charge in [-0.2, -0.15) is 0 Å². The van der Waals surface area contributed by atoms with E-state index in [1.807, 2.05) is 41.3 Å². The van der Waals surface area contributed by atoms with E-state index in [2.05, 4.69) is 39.6 Å². The molecule has 4 aromatic rings. The Kier molecular flexibility index (Phi) is 6.40. The van der Waals surface area contributed by atoms with Gasteiger partial charge in [0.15, 0.2) is 5.65 Å². The number of carbonyl (C=O) groups excluding carboxylic acids is 1. The topological polar surface area (TPSA) is 74.9 Å². The highest BCUT2D eigenvalue weighted by molar-refractivity contribution is 5.89. The molecule has 1 saturated heterocycles. The van der Waals surface area contributed by atoms with E-state index in [0.717, 1.165) is 31.6 Å². The number of nitrogens with one attached hydrogen (secondary N) is 1. The lowest BCUT2D eigenvalue weighted by Crippen LogP contribution is -2.50. The first-order chi connectivity index (χ1) is 16.7. The number of aromatic nitrogens is 3. The third-order valence-corrected chi connectivity index (χ3v) is 6.22. The van der Waals surface area contributed by atoms with Crippen molar-refractivity contribution >= 4 is 17.4 Å². The van der Waals surface area contributed by atoms with E-state index in [1.54, 1.807) is 18.3 Å². The maximum Gasteiger partial charge on any atom is 0.350 e. The summed E-state index contributed by atoms with van der Waals surface area (Å²) in [5, 5.41) is 7.39. The normalized spacial score (nSPS) is 14.4. The van der Waals surface area contributed by atoms with Crippen LogP contribution in [0.3, 0.4) is 0 Å². The molecule has 0 radical (unpaired) electrons. The first-order valence-corrected chi connectivity index (χ1v) is 11.6. The average Bonchev–Trinajstić information content (AvgIpc) is 3.19. The summed E-state index contributed by atoms with van der Waals surface area (Å²) in [6.45, 7) is 4.50. The monoisotopic (exact) mass is 456 g/mol. The van der Waals surface area contributed by atoms with Crippen molar-refractivity contribution in [2.24, 2.45) is 0 Å². The molecule has 2 amide bonds. The van der Waals surface area contributed by atoms with Gasteiger partial charge in [-0.1, -0.05) is 48.5 Å². The Balaban J connectivity index is 1.15. The molecule has 8 nitrogen and oxygen atoms in total. The molecule has 174 valence electrons. The zero-order valence-electron chi connectivity index (χ0n) is 19.0. The fourth-order valence-corrected chi connectivity index (χ4v) is 4.30. The number of rotatable bonds is 6. The zero-order valence-corrected chi connectivity index (χ0v) is 19.0. The first kappa shape index (κ1) is 21.9. The molecule has 2 aromatic heterocycles. The molecular formula is C26H28N6O2. The lowest BCUT2D eigenvalue weighted by molar-refractivity contribution is 0.148. The van der Waals surface area contributed by atoms with E-state index in [1.165, 1.54) is 14.6 Å². The van der Waals surface area contributed by atoms with Gasteiger partial charge in [-0.15, -0.1) is 5.10 Å². The van der Waals surface area contributed by atoms with Crippen molar-refractivity contribution in [1.29, 1.82) is 0 Å². The van der Waals surface area contributed by atoms with Gasteiger partial charge in [0.1, 0.15) is 0 Å². The molecule has 0 bridgehead atoms. The van der Waals surface area contributed by atoms with Crippen LogP contribution in [0.25, 0.3) is 5.65 Å². The first-order valence-electron chi connectivity index (χ1n) is 11.6. The van der Waals surface area contributed by atoms with Crippen LogP contribution in [0, 0.1) is 0 Å². The molecule has 3 heterocycles. The van der Waals surface area contributed by atoms with Crippen LogP contribution < -0.4 is 11.0 Å². The Bertz CT molecular complexity index is 1320. The number of urea groups is 1. The van der Waals surface area contributed by atoms with Gasteiger partial charge in [0.2, 0.25) is 0 Å². The van der Waals surface area contributed by atoms with Crippen molar-refractivity contribution < 1.29 is 4.79 Å². The summed E-state index contributed by atoms with van der Waals surface area (Å²) in [5.74, 6) is 0. The number of pyridine rings is 1. The molecule has 2 aromatic carbocycles. The van der Waals surface area contributed by atoms with Crippen LogP contribution in [0.15, 0.2) is 83.8 Å². The largest absolute Gasteiger partial charge is 0.350 e. The van der Waals surface area contributed by atoms with Gasteiger partial charge in [0.25, 0.3) is 0 Å². The molecule has 1 N–H and O–H groups in total. The van der Waals surface area contributed by atoms with Crippen LogP contribution in [-0.4, -0.2) is 62.7 Å². The van der Waals surface area contributed by atoms with Gasteiger partial charge >= 0.3 is 11.7 Å². The highest BCUT2D eigenvalue weighted by atomic mass is 16.2. The highest BCUT2D eigenvalue weighted by Gasteiger charge is 2.21. The van der Waals surface area contributed by atoms with E-state index in [-0.39, 0.29) is 11.7 Å². The summed E-state index contributed by atoms with van der Waals surface area (Å²) in [4.78, 5) is 29.6. The van der Waals surface area contributed by atoms with Gasteiger partial charge in [0, 0.05) is 44.6 Å². The Morgan fingerprint density at radius 1 is 0.882 bits per heavy atom. The molecule has 0 aliphatic carbocycles. The lowest BCUT2D eigenvalue weighted by Gasteiger charge is -2.34. The van der Waals surface area contributed by atoms with Crippen LogP contribution >= 0.6 is 0 Å². The van der Waals surface area contributed by atoms with Crippen molar-refractivity contribution in [3.8, 4) is 0 Å². The van der Waals surface area contributed by atoms with Crippen LogP contribution in [0.4, 0.5) is 10.5 Å². The number of benzene rings is 2. The minimum Gasteiger partial charge on any atom is -0.322 e. The number of anilines is 1. The number of nitrogens with zero attached hydrogens (tertiary/aromatic N) is 5.